The molecular weight excluding hydrogens is 568 g/mol. The SMILES string of the molecule is CCCCCCCCCCCC(=O)O[C@@]12C[C@@H](C)C34C=C(C)[C@H](O)[C@@]3(O)[C@H](OC(=O)C(C)C(C)C)C(C)=C[C@H](C4=O)C1C2(C)C. The van der Waals surface area contributed by atoms with Crippen molar-refractivity contribution in [3.8, 4) is 0 Å². The second-order valence-electron chi connectivity index (χ2n) is 15.9. The fourth-order valence-corrected chi connectivity index (χ4v) is 9.20. The second kappa shape index (κ2) is 13.3. The maximum absolute atomic E-state index is 14.8. The first-order valence-electron chi connectivity index (χ1n) is 17.8. The Kier molecular flexibility index (Phi) is 10.6. The Morgan fingerprint density at radius 1 is 0.978 bits per heavy atom. The number of esters is 2. The average molecular weight is 629 g/mol. The number of allylic oxidation sites excluding steroid dienone is 1. The normalized spacial score (nSPS) is 37.1. The van der Waals surface area contributed by atoms with Crippen LogP contribution < -0.4 is 0 Å². The number of ether oxygens (including phenoxy) is 2. The summed E-state index contributed by atoms with van der Waals surface area (Å²) in [6, 6.07) is 0. The molecule has 0 heterocycles. The van der Waals surface area contributed by atoms with Crippen LogP contribution in [0.1, 0.15) is 133 Å². The third kappa shape index (κ3) is 5.76. The highest BCUT2D eigenvalue weighted by Crippen LogP contribution is 2.75. The quantitative estimate of drug-likeness (QED) is 0.118. The van der Waals surface area contributed by atoms with Gasteiger partial charge in [0.1, 0.15) is 11.7 Å². The van der Waals surface area contributed by atoms with Crippen molar-refractivity contribution >= 4 is 17.7 Å². The summed E-state index contributed by atoms with van der Waals surface area (Å²) in [7, 11) is 0. The topological polar surface area (TPSA) is 110 Å². The van der Waals surface area contributed by atoms with Crippen LogP contribution in [-0.4, -0.2) is 51.3 Å². The largest absolute Gasteiger partial charge is 0.458 e. The summed E-state index contributed by atoms with van der Waals surface area (Å²) in [6.45, 7) is 17.4. The summed E-state index contributed by atoms with van der Waals surface area (Å²) in [4.78, 5) is 41.5. The summed E-state index contributed by atoms with van der Waals surface area (Å²) in [5.41, 5.74) is -3.91. The van der Waals surface area contributed by atoms with E-state index < -0.39 is 58.0 Å². The highest BCUT2D eigenvalue weighted by atomic mass is 16.6. The third-order valence-corrected chi connectivity index (χ3v) is 12.4. The Hall–Kier alpha value is -1.99. The molecule has 45 heavy (non-hydrogen) atoms. The number of rotatable bonds is 14. The summed E-state index contributed by atoms with van der Waals surface area (Å²) < 4.78 is 12.5. The smallest absolute Gasteiger partial charge is 0.309 e. The van der Waals surface area contributed by atoms with E-state index in [9.17, 15) is 24.6 Å². The molecule has 0 aromatic heterocycles. The first-order chi connectivity index (χ1) is 21.0. The van der Waals surface area contributed by atoms with Gasteiger partial charge >= 0.3 is 11.9 Å². The summed E-state index contributed by atoms with van der Waals surface area (Å²) >= 11 is 0. The minimum absolute atomic E-state index is 0.0191. The van der Waals surface area contributed by atoms with E-state index in [-0.39, 0.29) is 23.6 Å². The summed E-state index contributed by atoms with van der Waals surface area (Å²) in [5.74, 6) is -2.77. The number of hydrogen-bond donors (Lipinski definition) is 2. The number of aliphatic hydroxyl groups excluding tert-OH is 1. The van der Waals surface area contributed by atoms with Crippen LogP contribution in [0.4, 0.5) is 0 Å². The fraction of sp³-hybridized carbons (Fsp3) is 0.816. The molecule has 0 saturated heterocycles. The lowest BCUT2D eigenvalue weighted by molar-refractivity contribution is -0.207. The van der Waals surface area contributed by atoms with Gasteiger partial charge in [0.15, 0.2) is 17.5 Å². The van der Waals surface area contributed by atoms with E-state index in [4.69, 9.17) is 9.47 Å². The van der Waals surface area contributed by atoms with Crippen LogP contribution in [0.3, 0.4) is 0 Å². The average Bonchev–Trinajstić information content (AvgIpc) is 3.39. The second-order valence-corrected chi connectivity index (χ2v) is 15.9. The number of carbonyl (C=O) groups excluding carboxylic acids is 3. The van der Waals surface area contributed by atoms with E-state index >= 15 is 0 Å². The molecule has 254 valence electrons. The first-order valence-corrected chi connectivity index (χ1v) is 17.8. The van der Waals surface area contributed by atoms with Crippen molar-refractivity contribution in [2.24, 2.45) is 40.4 Å². The Morgan fingerprint density at radius 3 is 2.13 bits per heavy atom. The number of ketones is 1. The molecule has 2 saturated carbocycles. The van der Waals surface area contributed by atoms with E-state index in [0.717, 1.165) is 19.3 Å². The Morgan fingerprint density at radius 2 is 1.56 bits per heavy atom. The molecule has 7 nitrogen and oxygen atoms in total. The van der Waals surface area contributed by atoms with Gasteiger partial charge in [0.2, 0.25) is 0 Å². The number of fused-ring (bicyclic) bond motifs is 3. The van der Waals surface area contributed by atoms with E-state index in [1.54, 1.807) is 26.8 Å². The van der Waals surface area contributed by atoms with Crippen molar-refractivity contribution in [3.63, 3.8) is 0 Å². The van der Waals surface area contributed by atoms with Gasteiger partial charge in [-0.15, -0.1) is 0 Å². The van der Waals surface area contributed by atoms with Crippen molar-refractivity contribution in [2.45, 2.75) is 156 Å². The Balaban J connectivity index is 1.60. The van der Waals surface area contributed by atoms with Gasteiger partial charge in [0.05, 0.1) is 11.3 Å². The molecule has 2 fully saturated rings. The lowest BCUT2D eigenvalue weighted by Crippen LogP contribution is -2.66. The minimum atomic E-state index is -2.09. The van der Waals surface area contributed by atoms with Gasteiger partial charge in [-0.25, -0.2) is 0 Å². The molecule has 1 spiro atoms. The molecule has 2 N–H and O–H groups in total. The minimum Gasteiger partial charge on any atom is -0.458 e. The van der Waals surface area contributed by atoms with Crippen LogP contribution in [-0.2, 0) is 23.9 Å². The molecule has 0 amide bonds. The van der Waals surface area contributed by atoms with Crippen molar-refractivity contribution in [1.29, 1.82) is 0 Å². The molecule has 0 aromatic rings. The van der Waals surface area contributed by atoms with Crippen LogP contribution >= 0.6 is 0 Å². The first kappa shape index (κ1) is 35.9. The predicted octanol–water partition coefficient (Wildman–Crippen LogP) is 7.27. The molecule has 4 aliphatic rings. The zero-order valence-corrected chi connectivity index (χ0v) is 29.4. The summed E-state index contributed by atoms with van der Waals surface area (Å²) in [5, 5.41) is 24.3. The molecule has 0 aliphatic heterocycles. The number of unbranched alkanes of at least 4 members (excludes halogenated alkanes) is 8. The Bertz CT molecular complexity index is 1200. The van der Waals surface area contributed by atoms with Crippen LogP contribution in [0.15, 0.2) is 23.3 Å². The monoisotopic (exact) mass is 628 g/mol. The van der Waals surface area contributed by atoms with E-state index in [1.807, 2.05) is 26.8 Å². The maximum Gasteiger partial charge on any atom is 0.309 e. The highest BCUT2D eigenvalue weighted by Gasteiger charge is 2.83. The van der Waals surface area contributed by atoms with E-state index in [0.29, 0.717) is 24.0 Å². The van der Waals surface area contributed by atoms with E-state index in [1.165, 1.54) is 38.5 Å². The number of hydrogen-bond acceptors (Lipinski definition) is 7. The Labute approximate surface area is 271 Å². The van der Waals surface area contributed by atoms with Crippen molar-refractivity contribution < 1.29 is 34.1 Å². The molecule has 4 aliphatic carbocycles. The standard InChI is InChI=1S/C38H60O7/c1-10-11-12-13-14-15-16-17-18-19-29(39)45-37-22-26(6)36-21-25(5)31(40)38(36,43)33(44-34(42)27(7)23(2)3)24(4)20-28(32(36)41)30(37)35(37,8)9/h20-21,23,26-28,30-31,33,40,43H,10-19,22H2,1-9H3/t26-,27?,28+,30?,31+,33-,36?,37+,38-/m1/s1. The number of aliphatic hydroxyl groups is 2. The van der Waals surface area contributed by atoms with Crippen molar-refractivity contribution in [3.05, 3.63) is 23.3 Å². The molecule has 9 atom stereocenters. The molecule has 0 aromatic carbocycles. The number of carbonyl (C=O) groups is 3. The highest BCUT2D eigenvalue weighted by molar-refractivity contribution is 5.96. The van der Waals surface area contributed by atoms with Crippen molar-refractivity contribution in [2.75, 3.05) is 0 Å². The zero-order chi connectivity index (χ0) is 33.5. The fourth-order valence-electron chi connectivity index (χ4n) is 9.20. The maximum atomic E-state index is 14.8. The lowest BCUT2D eigenvalue weighted by atomic mass is 9.59. The molecule has 3 unspecified atom stereocenters. The van der Waals surface area contributed by atoms with Crippen LogP contribution in [0.5, 0.6) is 0 Å². The molecule has 0 radical (unpaired) electrons. The van der Waals surface area contributed by atoms with Crippen LogP contribution in [0.2, 0.25) is 0 Å². The molecular formula is C38H60O7. The zero-order valence-electron chi connectivity index (χ0n) is 29.4. The van der Waals surface area contributed by atoms with E-state index in [2.05, 4.69) is 20.8 Å². The lowest BCUT2D eigenvalue weighted by Gasteiger charge is -2.49. The van der Waals surface area contributed by atoms with Gasteiger partial charge in [0.25, 0.3) is 0 Å². The molecule has 7 heteroatoms. The molecule has 4 rings (SSSR count). The van der Waals surface area contributed by atoms with Gasteiger partial charge in [-0.05, 0) is 49.7 Å². The van der Waals surface area contributed by atoms with Gasteiger partial charge in [-0.3, -0.25) is 14.4 Å². The van der Waals surface area contributed by atoms with Gasteiger partial charge < -0.3 is 19.7 Å². The van der Waals surface area contributed by atoms with Gasteiger partial charge in [-0.2, -0.15) is 0 Å². The van der Waals surface area contributed by atoms with Gasteiger partial charge in [-0.1, -0.05) is 112 Å². The summed E-state index contributed by atoms with van der Waals surface area (Å²) in [6.07, 6.45) is 12.1. The van der Waals surface area contributed by atoms with Crippen LogP contribution in [0.25, 0.3) is 0 Å². The number of Topliss-reactive ketones (excluding diaryl/α,β-unsaturated/α-hetero) is 1. The van der Waals surface area contributed by atoms with Crippen molar-refractivity contribution in [1.82, 2.24) is 0 Å². The predicted molar refractivity (Wildman–Crippen MR) is 175 cm³/mol. The van der Waals surface area contributed by atoms with Crippen LogP contribution in [0, 0.1) is 40.4 Å². The van der Waals surface area contributed by atoms with Gasteiger partial charge in [0, 0.05) is 23.7 Å². The third-order valence-electron chi connectivity index (χ3n) is 12.4. The molecule has 2 bridgehead atoms.